The van der Waals surface area contributed by atoms with Gasteiger partial charge in [0.05, 0.1) is 22.6 Å². The van der Waals surface area contributed by atoms with E-state index in [4.69, 9.17) is 0 Å². The van der Waals surface area contributed by atoms with Gasteiger partial charge in [-0.3, -0.25) is 24.6 Å². The summed E-state index contributed by atoms with van der Waals surface area (Å²) in [6.45, 7) is 1.66. The van der Waals surface area contributed by atoms with Crippen LogP contribution in [-0.2, 0) is 6.54 Å². The highest BCUT2D eigenvalue weighted by Gasteiger charge is 2.35. The summed E-state index contributed by atoms with van der Waals surface area (Å²) in [5.41, 5.74) is 1.81. The Kier molecular flexibility index (Phi) is 3.21. The minimum Gasteiger partial charge on any atom is -0.270 e. The number of nitrogens with zero attached hydrogens (tertiary/aromatic N) is 2. The molecule has 0 N–H and O–H groups in total. The lowest BCUT2D eigenvalue weighted by atomic mass is 10.1. The minimum atomic E-state index is -0.471. The molecule has 0 unspecified atom stereocenters. The quantitative estimate of drug-likeness (QED) is 0.495. The zero-order valence-corrected chi connectivity index (χ0v) is 11.8. The maximum absolute atomic E-state index is 12.3. The monoisotopic (exact) mass is 296 g/mol. The maximum Gasteiger partial charge on any atom is 0.272 e. The lowest BCUT2D eigenvalue weighted by Gasteiger charge is -2.14. The van der Waals surface area contributed by atoms with E-state index in [0.717, 1.165) is 4.90 Å². The van der Waals surface area contributed by atoms with Crippen molar-refractivity contribution in [2.75, 3.05) is 0 Å². The molecule has 110 valence electrons. The fourth-order valence-corrected chi connectivity index (χ4v) is 2.52. The summed E-state index contributed by atoms with van der Waals surface area (Å²) in [5, 5.41) is 11.0. The van der Waals surface area contributed by atoms with Gasteiger partial charge in [0.25, 0.3) is 17.5 Å². The van der Waals surface area contributed by atoms with Crippen LogP contribution in [0.5, 0.6) is 0 Å². The summed E-state index contributed by atoms with van der Waals surface area (Å²) < 4.78 is 0. The lowest BCUT2D eigenvalue weighted by Crippen LogP contribution is -2.29. The molecule has 1 aliphatic rings. The van der Waals surface area contributed by atoms with Gasteiger partial charge in [0.2, 0.25) is 0 Å². The summed E-state index contributed by atoms with van der Waals surface area (Å²) in [4.78, 5) is 36.2. The number of amides is 2. The van der Waals surface area contributed by atoms with Gasteiger partial charge in [0, 0.05) is 11.6 Å². The first kappa shape index (κ1) is 13.9. The SMILES string of the molecule is Cc1ccc(CN2C(=O)c3ccccc3C2=O)cc1[N+](=O)[O-]. The normalized spacial score (nSPS) is 13.4. The molecule has 0 aromatic heterocycles. The van der Waals surface area contributed by atoms with Crippen LogP contribution in [0.4, 0.5) is 5.69 Å². The summed E-state index contributed by atoms with van der Waals surface area (Å²) in [5.74, 6) is -0.743. The van der Waals surface area contributed by atoms with Crippen molar-refractivity contribution in [3.05, 3.63) is 74.8 Å². The van der Waals surface area contributed by atoms with E-state index in [1.165, 1.54) is 6.07 Å². The Bertz CT molecular complexity index is 779. The van der Waals surface area contributed by atoms with Crippen LogP contribution in [0.15, 0.2) is 42.5 Å². The molecule has 0 fully saturated rings. The molecule has 22 heavy (non-hydrogen) atoms. The Balaban J connectivity index is 1.92. The molecular formula is C16H12N2O4. The van der Waals surface area contributed by atoms with Gasteiger partial charge in [-0.05, 0) is 24.6 Å². The first-order chi connectivity index (χ1) is 10.5. The molecule has 0 spiro atoms. The Hall–Kier alpha value is -3.02. The number of nitro groups is 1. The van der Waals surface area contributed by atoms with Crippen LogP contribution in [0.1, 0.15) is 31.8 Å². The third kappa shape index (κ3) is 2.14. The molecule has 0 atom stereocenters. The molecule has 0 aliphatic carbocycles. The first-order valence-corrected chi connectivity index (χ1v) is 6.68. The van der Waals surface area contributed by atoms with Crippen molar-refractivity contribution in [3.8, 4) is 0 Å². The second-order valence-electron chi connectivity index (χ2n) is 5.12. The van der Waals surface area contributed by atoms with Crippen LogP contribution in [0.3, 0.4) is 0 Å². The van der Waals surface area contributed by atoms with E-state index in [2.05, 4.69) is 0 Å². The predicted octanol–water partition coefficient (Wildman–Crippen LogP) is 2.70. The fraction of sp³-hybridized carbons (Fsp3) is 0.125. The topological polar surface area (TPSA) is 80.5 Å². The van der Waals surface area contributed by atoms with Gasteiger partial charge in [-0.15, -0.1) is 0 Å². The number of nitro benzene ring substituents is 1. The Morgan fingerprint density at radius 3 is 2.18 bits per heavy atom. The number of carbonyl (C=O) groups is 2. The van der Waals surface area contributed by atoms with Crippen molar-refractivity contribution in [2.45, 2.75) is 13.5 Å². The van der Waals surface area contributed by atoms with E-state index in [1.807, 2.05) is 0 Å². The lowest BCUT2D eigenvalue weighted by molar-refractivity contribution is -0.385. The average Bonchev–Trinajstić information content (AvgIpc) is 2.74. The molecule has 3 rings (SSSR count). The van der Waals surface area contributed by atoms with Crippen molar-refractivity contribution >= 4 is 17.5 Å². The molecule has 2 aromatic rings. The summed E-state index contributed by atoms with van der Waals surface area (Å²) in [6.07, 6.45) is 0. The van der Waals surface area contributed by atoms with Crippen LogP contribution < -0.4 is 0 Å². The number of imide groups is 1. The Morgan fingerprint density at radius 1 is 1.05 bits per heavy atom. The first-order valence-electron chi connectivity index (χ1n) is 6.68. The van der Waals surface area contributed by atoms with Gasteiger partial charge in [-0.2, -0.15) is 0 Å². The smallest absolute Gasteiger partial charge is 0.270 e. The zero-order valence-electron chi connectivity index (χ0n) is 11.8. The summed E-state index contributed by atoms with van der Waals surface area (Å²) in [6, 6.07) is 11.3. The van der Waals surface area contributed by atoms with Crippen LogP contribution in [-0.4, -0.2) is 21.6 Å². The predicted molar refractivity (Wildman–Crippen MR) is 78.5 cm³/mol. The van der Waals surface area contributed by atoms with Crippen molar-refractivity contribution in [2.24, 2.45) is 0 Å². The van der Waals surface area contributed by atoms with Crippen LogP contribution >= 0.6 is 0 Å². The summed E-state index contributed by atoms with van der Waals surface area (Å²) >= 11 is 0. The highest BCUT2D eigenvalue weighted by Crippen LogP contribution is 2.26. The molecular weight excluding hydrogens is 284 g/mol. The maximum atomic E-state index is 12.3. The van der Waals surface area contributed by atoms with Gasteiger partial charge in [-0.25, -0.2) is 0 Å². The van der Waals surface area contributed by atoms with Crippen molar-refractivity contribution in [1.82, 2.24) is 4.90 Å². The van der Waals surface area contributed by atoms with Crippen LogP contribution in [0, 0.1) is 17.0 Å². The van der Waals surface area contributed by atoms with E-state index in [0.29, 0.717) is 22.3 Å². The second kappa shape index (κ2) is 5.07. The molecule has 0 bridgehead atoms. The van der Waals surface area contributed by atoms with Crippen molar-refractivity contribution in [1.29, 1.82) is 0 Å². The van der Waals surface area contributed by atoms with Crippen LogP contribution in [0.2, 0.25) is 0 Å². The molecule has 0 saturated carbocycles. The van der Waals surface area contributed by atoms with E-state index in [-0.39, 0.29) is 24.0 Å². The van der Waals surface area contributed by atoms with E-state index in [1.54, 1.807) is 43.3 Å². The fourth-order valence-electron chi connectivity index (χ4n) is 2.52. The third-order valence-corrected chi connectivity index (χ3v) is 3.69. The van der Waals surface area contributed by atoms with Crippen molar-refractivity contribution in [3.63, 3.8) is 0 Å². The average molecular weight is 296 g/mol. The minimum absolute atomic E-state index is 0.0193. The molecule has 2 aromatic carbocycles. The Morgan fingerprint density at radius 2 is 1.64 bits per heavy atom. The van der Waals surface area contributed by atoms with Gasteiger partial charge in [-0.1, -0.05) is 24.3 Å². The third-order valence-electron chi connectivity index (χ3n) is 3.69. The van der Waals surface area contributed by atoms with E-state index in [9.17, 15) is 19.7 Å². The number of rotatable bonds is 3. The molecule has 2 amide bonds. The molecule has 1 heterocycles. The summed E-state index contributed by atoms with van der Waals surface area (Å²) in [7, 11) is 0. The van der Waals surface area contributed by atoms with Gasteiger partial charge >= 0.3 is 0 Å². The van der Waals surface area contributed by atoms with Crippen LogP contribution in [0.25, 0.3) is 0 Å². The highest BCUT2D eigenvalue weighted by atomic mass is 16.6. The number of carbonyl (C=O) groups excluding carboxylic acids is 2. The molecule has 1 aliphatic heterocycles. The zero-order chi connectivity index (χ0) is 15.9. The molecule has 0 saturated heterocycles. The molecule has 6 heteroatoms. The highest BCUT2D eigenvalue weighted by molar-refractivity contribution is 6.21. The molecule has 6 nitrogen and oxygen atoms in total. The molecule has 0 radical (unpaired) electrons. The number of fused-ring (bicyclic) bond motifs is 1. The second-order valence-corrected chi connectivity index (χ2v) is 5.12. The number of benzene rings is 2. The number of hydrogen-bond donors (Lipinski definition) is 0. The van der Waals surface area contributed by atoms with Gasteiger partial charge < -0.3 is 0 Å². The van der Waals surface area contributed by atoms with E-state index >= 15 is 0 Å². The van der Waals surface area contributed by atoms with Gasteiger partial charge in [0.1, 0.15) is 0 Å². The standard InChI is InChI=1S/C16H12N2O4/c1-10-6-7-11(8-14(10)18(21)22)9-17-15(19)12-4-2-3-5-13(12)16(17)20/h2-8H,9H2,1H3. The van der Waals surface area contributed by atoms with E-state index < -0.39 is 4.92 Å². The van der Waals surface area contributed by atoms with Crippen molar-refractivity contribution < 1.29 is 14.5 Å². The largest absolute Gasteiger partial charge is 0.272 e. The van der Waals surface area contributed by atoms with Gasteiger partial charge in [0.15, 0.2) is 0 Å². The number of hydrogen-bond acceptors (Lipinski definition) is 4. The Labute approximate surface area is 126 Å². The number of aryl methyl sites for hydroxylation is 1.